The topological polar surface area (TPSA) is 147 Å². The Bertz CT molecular complexity index is 745. The van der Waals surface area contributed by atoms with Crippen molar-refractivity contribution in [1.82, 2.24) is 0 Å². The van der Waals surface area contributed by atoms with Crippen molar-refractivity contribution in [2.45, 2.75) is 9.79 Å². The highest BCUT2D eigenvalue weighted by molar-refractivity contribution is 8.10. The Hall–Kier alpha value is -2.69. The predicted molar refractivity (Wildman–Crippen MR) is 74.3 cm³/mol. The molecule has 0 aliphatic carbocycles. The molecular weight excluding hydrogens is 316 g/mol. The minimum absolute atomic E-state index is 0.337. The molecule has 0 atom stereocenters. The zero-order valence-electron chi connectivity index (χ0n) is 10.8. The molecule has 9 nitrogen and oxygen atoms in total. The lowest BCUT2D eigenvalue weighted by Crippen LogP contribution is -2.32. The monoisotopic (exact) mass is 325 g/mol. The summed E-state index contributed by atoms with van der Waals surface area (Å²) in [6.07, 6.45) is 0. The summed E-state index contributed by atoms with van der Waals surface area (Å²) in [5.74, 6) is 0. The van der Waals surface area contributed by atoms with Crippen molar-refractivity contribution in [2.75, 3.05) is 0 Å². The van der Waals surface area contributed by atoms with E-state index in [1.54, 1.807) is 0 Å². The van der Waals surface area contributed by atoms with Crippen LogP contribution in [-0.4, -0.2) is 23.2 Å². The van der Waals surface area contributed by atoms with Gasteiger partial charge in [-0.3, -0.25) is 24.4 Å². The molecule has 2 aromatic carbocycles. The molecule has 0 saturated heterocycles. The van der Waals surface area contributed by atoms with Crippen molar-refractivity contribution >= 4 is 21.0 Å². The third kappa shape index (κ3) is 2.70. The highest BCUT2D eigenvalue weighted by Crippen LogP contribution is 2.38. The molecule has 0 aliphatic rings. The van der Waals surface area contributed by atoms with E-state index in [9.17, 15) is 33.5 Å². The smallest absolute Gasteiger partial charge is 0.269 e. The summed E-state index contributed by atoms with van der Waals surface area (Å²) in [5.41, 5.74) is -0.675. The molecule has 0 spiro atoms. The maximum Gasteiger partial charge on any atom is 0.269 e. The summed E-state index contributed by atoms with van der Waals surface area (Å²) in [7, 11) is -5.72. The van der Waals surface area contributed by atoms with E-state index in [0.29, 0.717) is 0 Å². The van der Waals surface area contributed by atoms with E-state index in [0.717, 1.165) is 48.5 Å². The standard InChI is InChI=1S/C12H10N2O7S/c15-13(16)9-1-5-11(6-2-9)22(19,20,21)12-7-3-10(4-8-12)14(17)18/h1-8H,(H2,19,20,21)/p-1. The average Bonchev–Trinajstić information content (AvgIpc) is 2.47. The van der Waals surface area contributed by atoms with Crippen molar-refractivity contribution in [3.8, 4) is 0 Å². The van der Waals surface area contributed by atoms with E-state index in [2.05, 4.69) is 0 Å². The van der Waals surface area contributed by atoms with Gasteiger partial charge in [0, 0.05) is 34.1 Å². The molecule has 116 valence electrons. The van der Waals surface area contributed by atoms with Crippen LogP contribution in [0.3, 0.4) is 0 Å². The quantitative estimate of drug-likeness (QED) is 0.670. The van der Waals surface area contributed by atoms with Gasteiger partial charge in [0.1, 0.15) is 0 Å². The van der Waals surface area contributed by atoms with Crippen molar-refractivity contribution in [2.24, 2.45) is 0 Å². The highest BCUT2D eigenvalue weighted by Gasteiger charge is 2.27. The van der Waals surface area contributed by atoms with Gasteiger partial charge >= 0.3 is 0 Å². The van der Waals surface area contributed by atoms with Crippen LogP contribution in [0.5, 0.6) is 0 Å². The first-order valence-electron chi connectivity index (χ1n) is 5.74. The van der Waals surface area contributed by atoms with Crippen molar-refractivity contribution in [3.63, 3.8) is 0 Å². The fourth-order valence-corrected chi connectivity index (χ4v) is 3.26. The second-order valence-corrected chi connectivity index (χ2v) is 6.95. The first kappa shape index (κ1) is 15.7. The molecule has 0 saturated carbocycles. The van der Waals surface area contributed by atoms with Gasteiger partial charge in [-0.1, -0.05) is 0 Å². The molecule has 2 rings (SSSR count). The lowest BCUT2D eigenvalue weighted by Gasteiger charge is -2.43. The number of rotatable bonds is 4. The van der Waals surface area contributed by atoms with E-state index < -0.39 is 29.3 Å². The number of hydrogen-bond donors (Lipinski definition) is 1. The predicted octanol–water partition coefficient (Wildman–Crippen LogP) is 2.34. The minimum Gasteiger partial charge on any atom is -0.762 e. The van der Waals surface area contributed by atoms with E-state index in [1.165, 1.54) is 0 Å². The van der Waals surface area contributed by atoms with Gasteiger partial charge < -0.3 is 9.11 Å². The van der Waals surface area contributed by atoms with Crippen LogP contribution in [0.2, 0.25) is 0 Å². The summed E-state index contributed by atoms with van der Waals surface area (Å²) in [6.45, 7) is 0. The number of nitro groups is 2. The van der Waals surface area contributed by atoms with Crippen molar-refractivity contribution < 1.29 is 23.2 Å². The fourth-order valence-electron chi connectivity index (χ4n) is 1.75. The minimum atomic E-state index is -5.72. The van der Waals surface area contributed by atoms with Crippen LogP contribution in [0.1, 0.15) is 0 Å². The largest absolute Gasteiger partial charge is 0.762 e. The molecule has 0 unspecified atom stereocenters. The van der Waals surface area contributed by atoms with Gasteiger partial charge in [0.2, 0.25) is 0 Å². The van der Waals surface area contributed by atoms with Gasteiger partial charge in [0.05, 0.1) is 9.85 Å². The third-order valence-corrected chi connectivity index (χ3v) is 5.13. The lowest BCUT2D eigenvalue weighted by atomic mass is 10.3. The molecule has 0 fully saturated rings. The summed E-state index contributed by atoms with van der Waals surface area (Å²) in [5, 5.41) is 21.1. The number of non-ortho nitro benzene ring substituents is 2. The number of nitrogens with zero attached hydrogens (tertiary/aromatic N) is 2. The summed E-state index contributed by atoms with van der Waals surface area (Å²) in [4.78, 5) is 18.5. The van der Waals surface area contributed by atoms with Gasteiger partial charge in [0.15, 0.2) is 0 Å². The maximum atomic E-state index is 12.4. The first-order chi connectivity index (χ1) is 10.1. The van der Waals surface area contributed by atoms with Crippen LogP contribution in [0.25, 0.3) is 0 Å². The normalized spacial score (nSPS) is 13.1. The second-order valence-electron chi connectivity index (χ2n) is 4.34. The van der Waals surface area contributed by atoms with Crippen LogP contribution in [-0.2, 0) is 9.63 Å². The third-order valence-electron chi connectivity index (χ3n) is 2.93. The summed E-state index contributed by atoms with van der Waals surface area (Å²) in [6, 6.07) is 7.29. The lowest BCUT2D eigenvalue weighted by molar-refractivity contribution is -0.385. The van der Waals surface area contributed by atoms with Crippen molar-refractivity contribution in [1.29, 1.82) is 0 Å². The van der Waals surface area contributed by atoms with Crippen LogP contribution in [0.15, 0.2) is 58.3 Å². The number of benzene rings is 2. The van der Waals surface area contributed by atoms with E-state index >= 15 is 0 Å². The molecule has 0 heterocycles. The Morgan fingerprint density at radius 1 is 0.773 bits per heavy atom. The van der Waals surface area contributed by atoms with E-state index in [1.807, 2.05) is 0 Å². The molecule has 1 N–H and O–H groups in total. The van der Waals surface area contributed by atoms with Gasteiger partial charge in [-0.2, -0.15) is 0 Å². The number of nitro benzene ring substituents is 2. The maximum absolute atomic E-state index is 12.4. The van der Waals surface area contributed by atoms with Crippen LogP contribution in [0, 0.1) is 20.2 Å². The summed E-state index contributed by atoms with van der Waals surface area (Å²) < 4.78 is 34.9. The molecule has 0 amide bonds. The molecule has 2 aromatic rings. The van der Waals surface area contributed by atoms with Crippen LogP contribution >= 0.6 is 0 Å². The molecule has 10 heteroatoms. The van der Waals surface area contributed by atoms with Gasteiger partial charge in [-0.15, -0.1) is 0 Å². The SMILES string of the molecule is O=[N+]([O-])c1ccc(S(=O)([O-])(O)c2ccc([N+](=O)[O-])cc2)cc1. The summed E-state index contributed by atoms with van der Waals surface area (Å²) >= 11 is 0. The Balaban J connectivity index is 2.51. The van der Waals surface area contributed by atoms with Gasteiger partial charge in [0.25, 0.3) is 11.4 Å². The van der Waals surface area contributed by atoms with Gasteiger partial charge in [-0.05, 0) is 33.9 Å². The molecule has 0 aliphatic heterocycles. The Morgan fingerprint density at radius 3 is 1.27 bits per heavy atom. The molecule has 0 radical (unpaired) electrons. The van der Waals surface area contributed by atoms with E-state index in [4.69, 9.17) is 0 Å². The van der Waals surface area contributed by atoms with Crippen LogP contribution in [0.4, 0.5) is 11.4 Å². The molecule has 22 heavy (non-hydrogen) atoms. The first-order valence-corrected chi connectivity index (χ1v) is 7.59. The van der Waals surface area contributed by atoms with E-state index in [-0.39, 0.29) is 11.4 Å². The highest BCUT2D eigenvalue weighted by atomic mass is 32.3. The van der Waals surface area contributed by atoms with Crippen LogP contribution < -0.4 is 0 Å². The fraction of sp³-hybridized carbons (Fsp3) is 0. The Kier molecular flexibility index (Phi) is 3.53. The molecule has 0 bridgehead atoms. The molecule has 0 aromatic heterocycles. The zero-order chi connectivity index (χ0) is 16.6. The zero-order valence-corrected chi connectivity index (χ0v) is 11.6. The van der Waals surface area contributed by atoms with Gasteiger partial charge in [-0.25, -0.2) is 0 Å². The Labute approximate surface area is 123 Å². The second kappa shape index (κ2) is 4.94. The Morgan fingerprint density at radius 2 is 1.05 bits per heavy atom. The average molecular weight is 325 g/mol. The molecular formula is C12H9N2O7S-. The van der Waals surface area contributed by atoms with Crippen molar-refractivity contribution in [3.05, 3.63) is 68.8 Å². The number of hydrogen-bond acceptors (Lipinski definition) is 6. The number of sulfone groups is 1.